The van der Waals surface area contributed by atoms with Crippen LogP contribution in [0.2, 0.25) is 0 Å². The van der Waals surface area contributed by atoms with E-state index in [1.54, 1.807) is 0 Å². The molecule has 0 atom stereocenters. The Bertz CT molecular complexity index is 1150. The molecule has 1 aliphatic rings. The van der Waals surface area contributed by atoms with Crippen molar-refractivity contribution in [3.63, 3.8) is 0 Å². The topological polar surface area (TPSA) is 3.88 Å². The number of hydrogen-bond donors (Lipinski definition) is 0. The van der Waals surface area contributed by atoms with Crippen LogP contribution >= 0.6 is 0 Å². The van der Waals surface area contributed by atoms with E-state index >= 15 is 0 Å². The van der Waals surface area contributed by atoms with Gasteiger partial charge in [0, 0.05) is 17.5 Å². The summed E-state index contributed by atoms with van der Waals surface area (Å²) in [7, 11) is 2.22. The molecule has 0 bridgehead atoms. The van der Waals surface area contributed by atoms with E-state index in [-0.39, 0.29) is 0 Å². The van der Waals surface area contributed by atoms with Crippen LogP contribution in [-0.4, -0.2) is 0 Å². The molecule has 0 unspecified atom stereocenters. The molecule has 1 fully saturated rings. The summed E-state index contributed by atoms with van der Waals surface area (Å²) in [6.45, 7) is 2.22. The summed E-state index contributed by atoms with van der Waals surface area (Å²) in [4.78, 5) is 0. The molecule has 1 aliphatic carbocycles. The van der Waals surface area contributed by atoms with Crippen LogP contribution in [0.1, 0.15) is 42.7 Å². The third-order valence-electron chi connectivity index (χ3n) is 6.42. The molecule has 134 valence electrons. The summed E-state index contributed by atoms with van der Waals surface area (Å²) in [6, 6.07) is 24.9. The molecule has 1 heterocycles. The van der Waals surface area contributed by atoms with Gasteiger partial charge in [-0.15, -0.1) is 0 Å². The highest BCUT2D eigenvalue weighted by atomic mass is 14.9. The lowest BCUT2D eigenvalue weighted by Gasteiger charge is -2.12. The second kappa shape index (κ2) is 6.49. The van der Waals surface area contributed by atoms with Gasteiger partial charge in [0.15, 0.2) is 0 Å². The Morgan fingerprint density at radius 1 is 0.815 bits per heavy atom. The monoisotopic (exact) mass is 352 g/mol. The van der Waals surface area contributed by atoms with E-state index in [1.165, 1.54) is 69.7 Å². The molecule has 5 rings (SSSR count). The molecule has 1 heteroatoms. The normalized spacial score (nSPS) is 15.0. The zero-order valence-corrected chi connectivity index (χ0v) is 16.2. The molecule has 0 radical (unpaired) electrons. The van der Waals surface area contributed by atoms with Gasteiger partial charge in [-0.2, -0.15) is 4.57 Å². The van der Waals surface area contributed by atoms with Crippen molar-refractivity contribution in [3.05, 3.63) is 77.9 Å². The molecular weight excluding hydrogens is 326 g/mol. The highest BCUT2D eigenvalue weighted by molar-refractivity contribution is 5.97. The van der Waals surface area contributed by atoms with E-state index in [2.05, 4.69) is 85.3 Å². The SMILES string of the molecule is Cc1ccc2ccccc2c1-c1ccc2ccc(C3CCCC3)cc2[n+]1C. The van der Waals surface area contributed by atoms with Gasteiger partial charge in [0.25, 0.3) is 0 Å². The highest BCUT2D eigenvalue weighted by Crippen LogP contribution is 2.36. The standard InChI is InChI=1S/C26H26N/c1-18-11-12-20-9-5-6-10-23(20)26(18)24-16-15-21-13-14-22(17-25(21)27(24)2)19-7-3-4-8-19/h5-6,9-17,19H,3-4,7-8H2,1-2H3/q+1. The maximum Gasteiger partial charge on any atom is 0.213 e. The van der Waals surface area contributed by atoms with Gasteiger partial charge in [0.1, 0.15) is 7.05 Å². The minimum atomic E-state index is 0.748. The smallest absolute Gasteiger partial charge is 0.194 e. The van der Waals surface area contributed by atoms with Crippen LogP contribution in [0, 0.1) is 6.92 Å². The number of fused-ring (bicyclic) bond motifs is 2. The lowest BCUT2D eigenvalue weighted by atomic mass is 9.94. The zero-order chi connectivity index (χ0) is 18.4. The minimum Gasteiger partial charge on any atom is -0.194 e. The minimum absolute atomic E-state index is 0.748. The summed E-state index contributed by atoms with van der Waals surface area (Å²) >= 11 is 0. The molecule has 0 aliphatic heterocycles. The van der Waals surface area contributed by atoms with Crippen molar-refractivity contribution < 1.29 is 4.57 Å². The molecule has 4 aromatic rings. The highest BCUT2D eigenvalue weighted by Gasteiger charge is 2.21. The quantitative estimate of drug-likeness (QED) is 0.365. The summed E-state index contributed by atoms with van der Waals surface area (Å²) < 4.78 is 2.39. The maximum absolute atomic E-state index is 2.44. The molecular formula is C26H26N+. The second-order valence-electron chi connectivity index (χ2n) is 8.06. The first-order valence-corrected chi connectivity index (χ1v) is 10.1. The fraction of sp³-hybridized carbons (Fsp3) is 0.269. The molecule has 0 spiro atoms. The lowest BCUT2D eigenvalue weighted by molar-refractivity contribution is -0.633. The second-order valence-corrected chi connectivity index (χ2v) is 8.06. The van der Waals surface area contributed by atoms with Gasteiger partial charge in [0.2, 0.25) is 11.2 Å². The predicted molar refractivity (Wildman–Crippen MR) is 114 cm³/mol. The van der Waals surface area contributed by atoms with E-state index < -0.39 is 0 Å². The molecule has 0 amide bonds. The van der Waals surface area contributed by atoms with Crippen LogP contribution in [0.4, 0.5) is 0 Å². The average molecular weight is 353 g/mol. The summed E-state index contributed by atoms with van der Waals surface area (Å²) in [5.41, 5.74) is 6.83. The van der Waals surface area contributed by atoms with Crippen LogP contribution < -0.4 is 4.57 Å². The van der Waals surface area contributed by atoms with Crippen LogP contribution in [0.15, 0.2) is 66.7 Å². The Labute approximate surface area is 161 Å². The fourth-order valence-electron chi connectivity index (χ4n) is 4.89. The van der Waals surface area contributed by atoms with E-state index in [9.17, 15) is 0 Å². The van der Waals surface area contributed by atoms with Crippen LogP contribution in [-0.2, 0) is 7.05 Å². The number of aryl methyl sites for hydroxylation is 2. The number of hydrogen-bond acceptors (Lipinski definition) is 0. The van der Waals surface area contributed by atoms with Crippen molar-refractivity contribution >= 4 is 21.7 Å². The molecule has 0 saturated heterocycles. The Morgan fingerprint density at radius 2 is 1.56 bits per heavy atom. The van der Waals surface area contributed by atoms with E-state index in [0.29, 0.717) is 0 Å². The largest absolute Gasteiger partial charge is 0.213 e. The maximum atomic E-state index is 2.44. The summed E-state index contributed by atoms with van der Waals surface area (Å²) in [5.74, 6) is 0.748. The van der Waals surface area contributed by atoms with Gasteiger partial charge in [-0.1, -0.05) is 55.3 Å². The Kier molecular flexibility index (Phi) is 3.97. The third-order valence-corrected chi connectivity index (χ3v) is 6.42. The van der Waals surface area contributed by atoms with Gasteiger partial charge in [-0.25, -0.2) is 0 Å². The predicted octanol–water partition coefficient (Wildman–Crippen LogP) is 6.45. The molecule has 3 aromatic carbocycles. The van der Waals surface area contributed by atoms with Crippen molar-refractivity contribution in [2.75, 3.05) is 0 Å². The number of nitrogens with zero attached hydrogens (tertiary/aromatic N) is 1. The van der Waals surface area contributed by atoms with Crippen LogP contribution in [0.5, 0.6) is 0 Å². The van der Waals surface area contributed by atoms with Gasteiger partial charge in [-0.3, -0.25) is 0 Å². The molecule has 1 aromatic heterocycles. The molecule has 1 nitrogen and oxygen atoms in total. The van der Waals surface area contributed by atoms with Gasteiger partial charge in [-0.05, 0) is 59.7 Å². The van der Waals surface area contributed by atoms with Crippen molar-refractivity contribution in [1.82, 2.24) is 0 Å². The summed E-state index contributed by atoms with van der Waals surface area (Å²) in [5, 5.41) is 3.96. The molecule has 27 heavy (non-hydrogen) atoms. The van der Waals surface area contributed by atoms with Crippen molar-refractivity contribution in [1.29, 1.82) is 0 Å². The van der Waals surface area contributed by atoms with E-state index in [4.69, 9.17) is 0 Å². The van der Waals surface area contributed by atoms with E-state index in [0.717, 1.165) is 5.92 Å². The van der Waals surface area contributed by atoms with Crippen LogP contribution in [0.25, 0.3) is 32.9 Å². The summed E-state index contributed by atoms with van der Waals surface area (Å²) in [6.07, 6.45) is 5.45. The first-order valence-electron chi connectivity index (χ1n) is 10.1. The number of rotatable bonds is 2. The van der Waals surface area contributed by atoms with Crippen LogP contribution in [0.3, 0.4) is 0 Å². The van der Waals surface area contributed by atoms with Crippen molar-refractivity contribution in [2.24, 2.45) is 7.05 Å². The van der Waals surface area contributed by atoms with Gasteiger partial charge in [0.05, 0.1) is 5.56 Å². The lowest BCUT2D eigenvalue weighted by Crippen LogP contribution is -2.32. The van der Waals surface area contributed by atoms with Gasteiger partial charge < -0.3 is 0 Å². The zero-order valence-electron chi connectivity index (χ0n) is 16.2. The Hall–Kier alpha value is -2.67. The number of benzene rings is 3. The number of aromatic nitrogens is 1. The van der Waals surface area contributed by atoms with Crippen molar-refractivity contribution in [3.8, 4) is 11.3 Å². The first-order chi connectivity index (χ1) is 13.2. The number of pyridine rings is 1. The Balaban J connectivity index is 1.75. The van der Waals surface area contributed by atoms with Gasteiger partial charge >= 0.3 is 0 Å². The molecule has 0 N–H and O–H groups in total. The van der Waals surface area contributed by atoms with Crippen molar-refractivity contribution in [2.45, 2.75) is 38.5 Å². The Morgan fingerprint density at radius 3 is 2.41 bits per heavy atom. The third kappa shape index (κ3) is 2.73. The molecule has 1 saturated carbocycles. The van der Waals surface area contributed by atoms with E-state index in [1.807, 2.05) is 0 Å². The first kappa shape index (κ1) is 16.5. The average Bonchev–Trinajstić information content (AvgIpc) is 3.24. The fourth-order valence-corrected chi connectivity index (χ4v) is 4.89.